The first-order chi connectivity index (χ1) is 13.1. The fourth-order valence-corrected chi connectivity index (χ4v) is 4.49. The predicted molar refractivity (Wildman–Crippen MR) is 97.4 cm³/mol. The number of carbonyl (C=O) groups excluding carboxylic acids is 2. The summed E-state index contributed by atoms with van der Waals surface area (Å²) in [6.07, 6.45) is -0.145. The SMILES string of the molecule is O=C(C1c2ccccc2Oc2ccccc21)N1CC2(CC(O)CNC2=O)C1. The highest BCUT2D eigenvalue weighted by atomic mass is 16.5. The molecule has 0 aliphatic carbocycles. The maximum Gasteiger partial charge on any atom is 0.234 e. The summed E-state index contributed by atoms with van der Waals surface area (Å²) >= 11 is 0. The van der Waals surface area contributed by atoms with Gasteiger partial charge in [-0.25, -0.2) is 0 Å². The number of hydrogen-bond acceptors (Lipinski definition) is 4. The van der Waals surface area contributed by atoms with Crippen LogP contribution in [-0.2, 0) is 9.59 Å². The smallest absolute Gasteiger partial charge is 0.234 e. The summed E-state index contributed by atoms with van der Waals surface area (Å²) < 4.78 is 5.96. The number of carbonyl (C=O) groups is 2. The number of ether oxygens (including phenoxy) is 1. The summed E-state index contributed by atoms with van der Waals surface area (Å²) in [4.78, 5) is 27.4. The zero-order valence-corrected chi connectivity index (χ0v) is 14.7. The van der Waals surface area contributed by atoms with E-state index in [-0.39, 0.29) is 18.4 Å². The van der Waals surface area contributed by atoms with Crippen molar-refractivity contribution in [1.82, 2.24) is 10.2 Å². The summed E-state index contributed by atoms with van der Waals surface area (Å²) in [5, 5.41) is 12.7. The van der Waals surface area contributed by atoms with Crippen LogP contribution in [0.3, 0.4) is 0 Å². The van der Waals surface area contributed by atoms with E-state index in [0.717, 1.165) is 11.1 Å². The Kier molecular flexibility index (Phi) is 3.52. The number of piperidine rings is 1. The second kappa shape index (κ2) is 5.82. The van der Waals surface area contributed by atoms with Crippen LogP contribution in [0.25, 0.3) is 0 Å². The van der Waals surface area contributed by atoms with E-state index in [2.05, 4.69) is 5.32 Å². The molecule has 2 aromatic rings. The monoisotopic (exact) mass is 364 g/mol. The minimum Gasteiger partial charge on any atom is -0.457 e. The first-order valence-corrected chi connectivity index (χ1v) is 9.18. The lowest BCUT2D eigenvalue weighted by molar-refractivity contribution is -0.161. The second-order valence-corrected chi connectivity index (χ2v) is 7.65. The number of aliphatic hydroxyl groups is 1. The molecule has 2 aromatic carbocycles. The molecule has 1 unspecified atom stereocenters. The Balaban J connectivity index is 1.46. The van der Waals surface area contributed by atoms with Gasteiger partial charge in [0.05, 0.1) is 17.4 Å². The molecular formula is C21H20N2O4. The Morgan fingerprint density at radius 1 is 1.07 bits per heavy atom. The van der Waals surface area contributed by atoms with Gasteiger partial charge in [-0.3, -0.25) is 9.59 Å². The number of nitrogens with zero attached hydrogens (tertiary/aromatic N) is 1. The highest BCUT2D eigenvalue weighted by Gasteiger charge is 2.54. The number of fused-ring (bicyclic) bond motifs is 2. The van der Waals surface area contributed by atoms with Gasteiger partial charge in [0, 0.05) is 30.8 Å². The third-order valence-corrected chi connectivity index (χ3v) is 5.83. The lowest BCUT2D eigenvalue weighted by Gasteiger charge is -2.52. The number of likely N-dealkylation sites (tertiary alicyclic amines) is 1. The van der Waals surface area contributed by atoms with Crippen LogP contribution in [0.1, 0.15) is 23.5 Å². The molecule has 3 aliphatic rings. The number of amides is 2. The number of para-hydroxylation sites is 2. The molecule has 1 atom stereocenters. The maximum atomic E-state index is 13.4. The highest BCUT2D eigenvalue weighted by molar-refractivity contribution is 5.93. The van der Waals surface area contributed by atoms with Crippen LogP contribution in [0.15, 0.2) is 48.5 Å². The van der Waals surface area contributed by atoms with E-state index in [1.807, 2.05) is 48.5 Å². The van der Waals surface area contributed by atoms with Crippen molar-refractivity contribution in [2.45, 2.75) is 18.4 Å². The lowest BCUT2D eigenvalue weighted by atomic mass is 9.71. The fourth-order valence-electron chi connectivity index (χ4n) is 4.49. The maximum absolute atomic E-state index is 13.4. The van der Waals surface area contributed by atoms with E-state index >= 15 is 0 Å². The van der Waals surface area contributed by atoms with Crippen molar-refractivity contribution >= 4 is 11.8 Å². The van der Waals surface area contributed by atoms with Crippen LogP contribution >= 0.6 is 0 Å². The zero-order valence-electron chi connectivity index (χ0n) is 14.7. The highest BCUT2D eigenvalue weighted by Crippen LogP contribution is 2.47. The topological polar surface area (TPSA) is 78.9 Å². The standard InChI is InChI=1S/C21H20N2O4/c24-13-9-21(20(26)22-10-13)11-23(12-21)19(25)18-14-5-1-3-7-16(14)27-17-8-4-2-6-15(17)18/h1-8,13,18,24H,9-12H2,(H,22,26). The van der Waals surface area contributed by atoms with Gasteiger partial charge in [0.1, 0.15) is 11.5 Å². The van der Waals surface area contributed by atoms with Gasteiger partial charge in [-0.05, 0) is 18.6 Å². The fraction of sp³-hybridized carbons (Fsp3) is 0.333. The van der Waals surface area contributed by atoms with Crippen LogP contribution in [-0.4, -0.2) is 47.6 Å². The summed E-state index contributed by atoms with van der Waals surface area (Å²) in [7, 11) is 0. The van der Waals surface area contributed by atoms with Gasteiger partial charge in [0.2, 0.25) is 11.8 Å². The molecule has 0 bridgehead atoms. The van der Waals surface area contributed by atoms with Crippen molar-refractivity contribution < 1.29 is 19.4 Å². The molecule has 5 rings (SSSR count). The molecule has 3 aliphatic heterocycles. The molecule has 0 aromatic heterocycles. The summed E-state index contributed by atoms with van der Waals surface area (Å²) in [6.45, 7) is 0.974. The number of β-amino-alcohol motifs (C(OH)–C–C–N with tert-alkyl or cyclic N) is 1. The average Bonchev–Trinajstić information content (AvgIpc) is 2.65. The molecule has 6 nitrogen and oxygen atoms in total. The molecular weight excluding hydrogens is 344 g/mol. The Bertz CT molecular complexity index is 890. The minimum absolute atomic E-state index is 0.0308. The number of benzene rings is 2. The molecule has 1 spiro atoms. The zero-order chi connectivity index (χ0) is 18.6. The Hall–Kier alpha value is -2.86. The van der Waals surface area contributed by atoms with E-state index in [0.29, 0.717) is 31.0 Å². The Morgan fingerprint density at radius 3 is 2.30 bits per heavy atom. The van der Waals surface area contributed by atoms with Crippen LogP contribution in [0.4, 0.5) is 0 Å². The van der Waals surface area contributed by atoms with Crippen molar-refractivity contribution in [1.29, 1.82) is 0 Å². The quantitative estimate of drug-likeness (QED) is 0.806. The summed E-state index contributed by atoms with van der Waals surface area (Å²) in [5.74, 6) is 0.840. The van der Waals surface area contributed by atoms with E-state index in [1.165, 1.54) is 0 Å². The largest absolute Gasteiger partial charge is 0.457 e. The first kappa shape index (κ1) is 16.3. The van der Waals surface area contributed by atoms with E-state index < -0.39 is 17.4 Å². The first-order valence-electron chi connectivity index (χ1n) is 9.18. The normalized spacial score (nSPS) is 22.9. The van der Waals surface area contributed by atoms with Crippen molar-refractivity contribution in [3.05, 3.63) is 59.7 Å². The van der Waals surface area contributed by atoms with Crippen LogP contribution < -0.4 is 10.1 Å². The van der Waals surface area contributed by atoms with Crippen LogP contribution in [0.5, 0.6) is 11.5 Å². The number of rotatable bonds is 1. The third kappa shape index (κ3) is 2.44. The van der Waals surface area contributed by atoms with Gasteiger partial charge in [-0.1, -0.05) is 36.4 Å². The molecule has 2 N–H and O–H groups in total. The van der Waals surface area contributed by atoms with E-state index in [9.17, 15) is 14.7 Å². The molecule has 6 heteroatoms. The molecule has 2 fully saturated rings. The Morgan fingerprint density at radius 2 is 1.67 bits per heavy atom. The van der Waals surface area contributed by atoms with Crippen molar-refractivity contribution in [2.24, 2.45) is 5.41 Å². The molecule has 0 saturated carbocycles. The van der Waals surface area contributed by atoms with Gasteiger partial charge in [-0.15, -0.1) is 0 Å². The van der Waals surface area contributed by atoms with Gasteiger partial charge in [0.25, 0.3) is 0 Å². The number of hydrogen-bond donors (Lipinski definition) is 2. The van der Waals surface area contributed by atoms with E-state index in [4.69, 9.17) is 4.74 Å². The molecule has 2 saturated heterocycles. The number of nitrogens with one attached hydrogen (secondary N) is 1. The van der Waals surface area contributed by atoms with Crippen molar-refractivity contribution in [3.63, 3.8) is 0 Å². The molecule has 2 amide bonds. The second-order valence-electron chi connectivity index (χ2n) is 7.65. The van der Waals surface area contributed by atoms with Crippen molar-refractivity contribution in [3.8, 4) is 11.5 Å². The summed E-state index contributed by atoms with van der Waals surface area (Å²) in [5.41, 5.74) is 1.03. The number of aliphatic hydroxyl groups excluding tert-OH is 1. The molecule has 3 heterocycles. The molecule has 138 valence electrons. The van der Waals surface area contributed by atoms with Gasteiger partial charge in [0.15, 0.2) is 0 Å². The van der Waals surface area contributed by atoms with Gasteiger partial charge >= 0.3 is 0 Å². The predicted octanol–water partition coefficient (Wildman–Crippen LogP) is 1.63. The van der Waals surface area contributed by atoms with Crippen LogP contribution in [0.2, 0.25) is 0 Å². The van der Waals surface area contributed by atoms with Crippen LogP contribution in [0, 0.1) is 5.41 Å². The van der Waals surface area contributed by atoms with Crippen molar-refractivity contribution in [2.75, 3.05) is 19.6 Å². The molecule has 27 heavy (non-hydrogen) atoms. The Labute approximate surface area is 156 Å². The van der Waals surface area contributed by atoms with Gasteiger partial charge < -0.3 is 20.1 Å². The minimum atomic E-state index is -0.655. The molecule has 0 radical (unpaired) electrons. The third-order valence-electron chi connectivity index (χ3n) is 5.83. The van der Waals surface area contributed by atoms with E-state index in [1.54, 1.807) is 4.90 Å². The average molecular weight is 364 g/mol. The lowest BCUT2D eigenvalue weighted by Crippen LogP contribution is -2.69. The van der Waals surface area contributed by atoms with Gasteiger partial charge in [-0.2, -0.15) is 0 Å². The summed E-state index contributed by atoms with van der Waals surface area (Å²) in [6, 6.07) is 15.2.